The quantitative estimate of drug-likeness (QED) is 0.784. The average Bonchev–Trinajstić information content (AvgIpc) is 2.94. The number of rotatable bonds is 4. The van der Waals surface area contributed by atoms with Crippen molar-refractivity contribution in [2.75, 3.05) is 7.05 Å². The SMILES string of the molecule is CCc1cccnc1C(NC)c1cc2cccc(C)c2o1. The van der Waals surface area contributed by atoms with Gasteiger partial charge in [-0.3, -0.25) is 4.98 Å². The van der Waals surface area contributed by atoms with E-state index in [9.17, 15) is 0 Å². The fourth-order valence-corrected chi connectivity index (χ4v) is 2.79. The van der Waals surface area contributed by atoms with E-state index in [1.807, 2.05) is 19.3 Å². The average molecular weight is 280 g/mol. The van der Waals surface area contributed by atoms with Crippen molar-refractivity contribution in [2.45, 2.75) is 26.3 Å². The minimum atomic E-state index is -0.0204. The number of nitrogens with zero attached hydrogens (tertiary/aromatic N) is 1. The number of hydrogen-bond acceptors (Lipinski definition) is 3. The van der Waals surface area contributed by atoms with Gasteiger partial charge in [0.2, 0.25) is 0 Å². The molecule has 0 aliphatic rings. The molecule has 2 aromatic heterocycles. The van der Waals surface area contributed by atoms with Crippen LogP contribution in [0.4, 0.5) is 0 Å². The standard InChI is InChI=1S/C18H20N2O/c1-4-13-9-6-10-20-16(13)17(19-3)15-11-14-8-5-7-12(2)18(14)21-15/h5-11,17,19H,4H2,1-3H3. The Bertz CT molecular complexity index is 761. The van der Waals surface area contributed by atoms with Crippen LogP contribution in [0.2, 0.25) is 0 Å². The summed E-state index contributed by atoms with van der Waals surface area (Å²) < 4.78 is 6.10. The number of para-hydroxylation sites is 1. The van der Waals surface area contributed by atoms with Gasteiger partial charge in [0, 0.05) is 11.6 Å². The van der Waals surface area contributed by atoms with Gasteiger partial charge in [-0.25, -0.2) is 0 Å². The van der Waals surface area contributed by atoms with Crippen molar-refractivity contribution in [3.8, 4) is 0 Å². The number of fused-ring (bicyclic) bond motifs is 1. The van der Waals surface area contributed by atoms with E-state index in [4.69, 9.17) is 4.42 Å². The lowest BCUT2D eigenvalue weighted by molar-refractivity contribution is 0.483. The number of pyridine rings is 1. The molecular formula is C18H20N2O. The Morgan fingerprint density at radius 2 is 2.10 bits per heavy atom. The van der Waals surface area contributed by atoms with Crippen LogP contribution >= 0.6 is 0 Å². The summed E-state index contributed by atoms with van der Waals surface area (Å²) in [7, 11) is 1.94. The van der Waals surface area contributed by atoms with Crippen LogP contribution in [0, 0.1) is 6.92 Å². The molecule has 0 amide bonds. The van der Waals surface area contributed by atoms with E-state index in [2.05, 4.69) is 54.5 Å². The fourth-order valence-electron chi connectivity index (χ4n) is 2.79. The highest BCUT2D eigenvalue weighted by Gasteiger charge is 2.20. The molecule has 0 bridgehead atoms. The molecule has 1 atom stereocenters. The zero-order valence-electron chi connectivity index (χ0n) is 12.7. The molecule has 2 heterocycles. The molecular weight excluding hydrogens is 260 g/mol. The Labute approximate surface area is 125 Å². The van der Waals surface area contributed by atoms with Gasteiger partial charge in [-0.2, -0.15) is 0 Å². The molecule has 1 N–H and O–H groups in total. The molecule has 0 aliphatic heterocycles. The highest BCUT2D eigenvalue weighted by molar-refractivity contribution is 5.81. The lowest BCUT2D eigenvalue weighted by Crippen LogP contribution is -2.19. The normalized spacial score (nSPS) is 12.7. The van der Waals surface area contributed by atoms with Crippen LogP contribution in [0.3, 0.4) is 0 Å². The van der Waals surface area contributed by atoms with E-state index in [0.717, 1.165) is 34.4 Å². The number of furan rings is 1. The molecule has 0 saturated heterocycles. The van der Waals surface area contributed by atoms with Crippen molar-refractivity contribution in [1.82, 2.24) is 10.3 Å². The Balaban J connectivity index is 2.12. The van der Waals surface area contributed by atoms with Gasteiger partial charge in [0.25, 0.3) is 0 Å². The van der Waals surface area contributed by atoms with Gasteiger partial charge in [-0.15, -0.1) is 0 Å². The second kappa shape index (κ2) is 5.70. The van der Waals surface area contributed by atoms with Crippen LogP contribution in [0.5, 0.6) is 0 Å². The topological polar surface area (TPSA) is 38.1 Å². The summed E-state index contributed by atoms with van der Waals surface area (Å²) in [6.07, 6.45) is 2.80. The number of aromatic nitrogens is 1. The van der Waals surface area contributed by atoms with Gasteiger partial charge in [-0.05, 0) is 43.7 Å². The monoisotopic (exact) mass is 280 g/mol. The molecule has 108 valence electrons. The van der Waals surface area contributed by atoms with Crippen LogP contribution < -0.4 is 5.32 Å². The van der Waals surface area contributed by atoms with E-state index in [1.165, 1.54) is 5.56 Å². The van der Waals surface area contributed by atoms with Crippen molar-refractivity contribution in [3.05, 3.63) is 65.2 Å². The van der Waals surface area contributed by atoms with E-state index in [1.54, 1.807) is 0 Å². The third-order valence-corrected chi connectivity index (χ3v) is 3.91. The molecule has 0 fully saturated rings. The molecule has 3 aromatic rings. The summed E-state index contributed by atoms with van der Waals surface area (Å²) in [5.74, 6) is 0.912. The van der Waals surface area contributed by atoms with Crippen LogP contribution in [0.15, 0.2) is 47.0 Å². The maximum absolute atomic E-state index is 6.10. The molecule has 0 saturated carbocycles. The Hall–Kier alpha value is -2.13. The first-order valence-corrected chi connectivity index (χ1v) is 7.34. The number of nitrogens with one attached hydrogen (secondary N) is 1. The maximum Gasteiger partial charge on any atom is 0.137 e. The first-order chi connectivity index (χ1) is 10.2. The van der Waals surface area contributed by atoms with E-state index < -0.39 is 0 Å². The zero-order chi connectivity index (χ0) is 14.8. The third kappa shape index (κ3) is 2.45. The highest BCUT2D eigenvalue weighted by Crippen LogP contribution is 2.30. The van der Waals surface area contributed by atoms with Gasteiger partial charge in [0.1, 0.15) is 17.4 Å². The summed E-state index contributed by atoms with van der Waals surface area (Å²) >= 11 is 0. The second-order valence-electron chi connectivity index (χ2n) is 5.27. The van der Waals surface area contributed by atoms with Gasteiger partial charge in [-0.1, -0.05) is 31.2 Å². The lowest BCUT2D eigenvalue weighted by atomic mass is 10.0. The van der Waals surface area contributed by atoms with E-state index >= 15 is 0 Å². The number of benzene rings is 1. The Kier molecular flexibility index (Phi) is 3.76. The van der Waals surface area contributed by atoms with E-state index in [-0.39, 0.29) is 6.04 Å². The molecule has 0 spiro atoms. The van der Waals surface area contributed by atoms with Crippen LogP contribution in [0.1, 0.15) is 35.5 Å². The zero-order valence-corrected chi connectivity index (χ0v) is 12.7. The fraction of sp³-hybridized carbons (Fsp3) is 0.278. The Morgan fingerprint density at radius 1 is 1.24 bits per heavy atom. The molecule has 3 heteroatoms. The van der Waals surface area contributed by atoms with Crippen LogP contribution in [-0.2, 0) is 6.42 Å². The summed E-state index contributed by atoms with van der Waals surface area (Å²) in [6, 6.07) is 12.4. The van der Waals surface area contributed by atoms with Gasteiger partial charge < -0.3 is 9.73 Å². The van der Waals surface area contributed by atoms with Crippen molar-refractivity contribution >= 4 is 11.0 Å². The lowest BCUT2D eigenvalue weighted by Gasteiger charge is -2.16. The Morgan fingerprint density at radius 3 is 2.81 bits per heavy atom. The summed E-state index contributed by atoms with van der Waals surface area (Å²) in [5.41, 5.74) is 4.40. The van der Waals surface area contributed by atoms with Gasteiger partial charge in [0.05, 0.1) is 5.69 Å². The minimum absolute atomic E-state index is 0.0204. The molecule has 3 nitrogen and oxygen atoms in total. The smallest absolute Gasteiger partial charge is 0.137 e. The maximum atomic E-state index is 6.10. The third-order valence-electron chi connectivity index (χ3n) is 3.91. The minimum Gasteiger partial charge on any atom is -0.459 e. The van der Waals surface area contributed by atoms with Crippen LogP contribution in [-0.4, -0.2) is 12.0 Å². The number of aryl methyl sites for hydroxylation is 2. The largest absolute Gasteiger partial charge is 0.459 e. The summed E-state index contributed by atoms with van der Waals surface area (Å²) in [6.45, 7) is 4.22. The van der Waals surface area contributed by atoms with Crippen molar-refractivity contribution < 1.29 is 4.42 Å². The molecule has 1 aromatic carbocycles. The second-order valence-corrected chi connectivity index (χ2v) is 5.27. The number of hydrogen-bond donors (Lipinski definition) is 1. The summed E-state index contributed by atoms with van der Waals surface area (Å²) in [4.78, 5) is 4.57. The first-order valence-electron chi connectivity index (χ1n) is 7.34. The van der Waals surface area contributed by atoms with Gasteiger partial charge >= 0.3 is 0 Å². The van der Waals surface area contributed by atoms with E-state index in [0.29, 0.717) is 0 Å². The first kappa shape index (κ1) is 13.8. The van der Waals surface area contributed by atoms with Gasteiger partial charge in [0.15, 0.2) is 0 Å². The highest BCUT2D eigenvalue weighted by atomic mass is 16.3. The molecule has 0 aliphatic carbocycles. The molecule has 1 unspecified atom stereocenters. The molecule has 21 heavy (non-hydrogen) atoms. The van der Waals surface area contributed by atoms with Crippen molar-refractivity contribution in [3.63, 3.8) is 0 Å². The summed E-state index contributed by atoms with van der Waals surface area (Å²) in [5, 5.41) is 4.47. The molecule has 3 rings (SSSR count). The predicted molar refractivity (Wildman–Crippen MR) is 85.5 cm³/mol. The molecule has 0 radical (unpaired) electrons. The van der Waals surface area contributed by atoms with Crippen LogP contribution in [0.25, 0.3) is 11.0 Å². The van der Waals surface area contributed by atoms with Crippen molar-refractivity contribution in [1.29, 1.82) is 0 Å². The van der Waals surface area contributed by atoms with Crippen molar-refractivity contribution in [2.24, 2.45) is 0 Å². The predicted octanol–water partition coefficient (Wildman–Crippen LogP) is 4.01.